The summed E-state index contributed by atoms with van der Waals surface area (Å²) in [6.07, 6.45) is -1.03. The van der Waals surface area contributed by atoms with Crippen molar-refractivity contribution < 1.29 is 18.7 Å². The van der Waals surface area contributed by atoms with Crippen molar-refractivity contribution in [2.75, 3.05) is 11.9 Å². The second-order valence-corrected chi connectivity index (χ2v) is 6.78. The maximum absolute atomic E-state index is 13.1. The molecule has 0 spiro atoms. The van der Waals surface area contributed by atoms with E-state index in [4.69, 9.17) is 16.3 Å². The largest absolute Gasteiger partial charge is 0.449 e. The van der Waals surface area contributed by atoms with E-state index in [2.05, 4.69) is 5.10 Å². The Hall–Kier alpha value is -3.19. The molecule has 2 aromatic carbocycles. The van der Waals surface area contributed by atoms with Crippen molar-refractivity contribution >= 4 is 29.2 Å². The van der Waals surface area contributed by atoms with Crippen molar-refractivity contribution in [1.29, 1.82) is 0 Å². The van der Waals surface area contributed by atoms with Gasteiger partial charge in [-0.15, -0.1) is 0 Å². The van der Waals surface area contributed by atoms with Crippen LogP contribution in [-0.2, 0) is 9.53 Å². The van der Waals surface area contributed by atoms with Crippen molar-refractivity contribution in [3.05, 3.63) is 76.8 Å². The lowest BCUT2D eigenvalue weighted by Crippen LogP contribution is -2.37. The average molecular weight is 416 g/mol. The first-order valence-corrected chi connectivity index (χ1v) is 9.22. The second kappa shape index (κ2) is 8.45. The van der Waals surface area contributed by atoms with Crippen LogP contribution in [0.1, 0.15) is 23.0 Å². The average Bonchev–Trinajstić information content (AvgIpc) is 3.02. The van der Waals surface area contributed by atoms with Crippen LogP contribution in [0.15, 0.2) is 54.6 Å². The van der Waals surface area contributed by atoms with Gasteiger partial charge in [-0.3, -0.25) is 4.79 Å². The molecule has 3 aromatic rings. The van der Waals surface area contributed by atoms with Crippen molar-refractivity contribution in [3.8, 4) is 5.69 Å². The van der Waals surface area contributed by atoms with E-state index in [0.29, 0.717) is 17.1 Å². The number of carbonyl (C=O) groups is 2. The Morgan fingerprint density at radius 3 is 2.38 bits per heavy atom. The number of nitrogens with zero attached hydrogens (tertiary/aromatic N) is 3. The Labute approximate surface area is 172 Å². The molecule has 150 valence electrons. The molecule has 0 aliphatic heterocycles. The minimum atomic E-state index is -1.03. The fourth-order valence-corrected chi connectivity index (χ4v) is 3.16. The summed E-state index contributed by atoms with van der Waals surface area (Å²) in [5.41, 5.74) is 1.56. The van der Waals surface area contributed by atoms with E-state index in [0.717, 1.165) is 0 Å². The lowest BCUT2D eigenvalue weighted by Gasteiger charge is -2.21. The van der Waals surface area contributed by atoms with E-state index >= 15 is 0 Å². The zero-order valence-electron chi connectivity index (χ0n) is 16.1. The highest BCUT2D eigenvalue weighted by atomic mass is 35.5. The van der Waals surface area contributed by atoms with E-state index in [9.17, 15) is 14.0 Å². The van der Waals surface area contributed by atoms with Crippen LogP contribution in [-0.4, -0.2) is 34.8 Å². The smallest absolute Gasteiger partial charge is 0.344 e. The molecule has 8 heteroatoms. The van der Waals surface area contributed by atoms with Crippen molar-refractivity contribution in [3.63, 3.8) is 0 Å². The molecule has 0 aliphatic rings. The van der Waals surface area contributed by atoms with Gasteiger partial charge in [-0.05, 0) is 50.2 Å². The number of anilines is 1. The summed E-state index contributed by atoms with van der Waals surface area (Å²) in [5.74, 6) is -1.55. The molecule has 0 bridgehead atoms. The van der Waals surface area contributed by atoms with Crippen molar-refractivity contribution in [2.24, 2.45) is 0 Å². The Bertz CT molecular complexity index is 1040. The standard InChI is InChI=1S/C21H19ClFN3O3/c1-13-18(19(22)26(24-13)17-11-9-15(23)10-12-17)21(28)29-14(2)20(27)25(3)16-7-5-4-6-8-16/h4-12,14H,1-3H3/t14-/m0/s1. The lowest BCUT2D eigenvalue weighted by molar-refractivity contribution is -0.126. The molecule has 0 saturated heterocycles. The Kier molecular flexibility index (Phi) is 5.98. The van der Waals surface area contributed by atoms with Gasteiger partial charge in [0.05, 0.1) is 11.4 Å². The second-order valence-electron chi connectivity index (χ2n) is 6.42. The van der Waals surface area contributed by atoms with Crippen LogP contribution in [0.4, 0.5) is 10.1 Å². The Morgan fingerprint density at radius 1 is 1.14 bits per heavy atom. The van der Waals surface area contributed by atoms with E-state index in [-0.39, 0.29) is 16.6 Å². The van der Waals surface area contributed by atoms with Gasteiger partial charge in [-0.1, -0.05) is 29.8 Å². The Balaban J connectivity index is 1.78. The van der Waals surface area contributed by atoms with Crippen LogP contribution in [0.25, 0.3) is 5.69 Å². The minimum Gasteiger partial charge on any atom is -0.449 e. The molecule has 1 aromatic heterocycles. The van der Waals surface area contributed by atoms with Crippen LogP contribution in [0.5, 0.6) is 0 Å². The molecule has 1 heterocycles. The molecule has 1 atom stereocenters. The monoisotopic (exact) mass is 415 g/mol. The first-order valence-electron chi connectivity index (χ1n) is 8.84. The maximum atomic E-state index is 13.1. The lowest BCUT2D eigenvalue weighted by atomic mass is 10.2. The summed E-state index contributed by atoms with van der Waals surface area (Å²) >= 11 is 6.33. The number of ether oxygens (including phenoxy) is 1. The van der Waals surface area contributed by atoms with E-state index in [1.54, 1.807) is 26.1 Å². The first kappa shape index (κ1) is 20.5. The summed E-state index contributed by atoms with van der Waals surface area (Å²) in [6, 6.07) is 14.5. The molecule has 0 fully saturated rings. The van der Waals surface area contributed by atoms with Gasteiger partial charge in [0.25, 0.3) is 5.91 Å². The maximum Gasteiger partial charge on any atom is 0.344 e. The van der Waals surface area contributed by atoms with Crippen LogP contribution in [0.2, 0.25) is 5.15 Å². The number of para-hydroxylation sites is 1. The van der Waals surface area contributed by atoms with Crippen LogP contribution in [0, 0.1) is 12.7 Å². The number of hydrogen-bond donors (Lipinski definition) is 0. The molecule has 0 aliphatic carbocycles. The molecule has 1 amide bonds. The molecule has 3 rings (SSSR count). The first-order chi connectivity index (χ1) is 13.8. The molecule has 6 nitrogen and oxygen atoms in total. The van der Waals surface area contributed by atoms with Gasteiger partial charge in [-0.2, -0.15) is 5.10 Å². The highest BCUT2D eigenvalue weighted by Crippen LogP contribution is 2.25. The number of esters is 1. The molecule has 0 radical (unpaired) electrons. The summed E-state index contributed by atoms with van der Waals surface area (Å²) in [7, 11) is 1.60. The number of aryl methyl sites for hydroxylation is 1. The van der Waals surface area contributed by atoms with Gasteiger partial charge in [0.2, 0.25) is 0 Å². The van der Waals surface area contributed by atoms with Crippen molar-refractivity contribution in [2.45, 2.75) is 20.0 Å². The molecular formula is C21H19ClFN3O3. The third-order valence-corrected chi connectivity index (χ3v) is 4.73. The SMILES string of the molecule is Cc1nn(-c2ccc(F)cc2)c(Cl)c1C(=O)O[C@@H](C)C(=O)N(C)c1ccccc1. The van der Waals surface area contributed by atoms with E-state index in [1.807, 2.05) is 18.2 Å². The number of aromatic nitrogens is 2. The number of amides is 1. The number of likely N-dealkylation sites (N-methyl/N-ethyl adjacent to an activating group) is 1. The normalized spacial score (nSPS) is 11.8. The summed E-state index contributed by atoms with van der Waals surface area (Å²) in [6.45, 7) is 3.10. The molecule has 0 N–H and O–H groups in total. The van der Waals surface area contributed by atoms with Crippen LogP contribution in [0.3, 0.4) is 0 Å². The highest BCUT2D eigenvalue weighted by molar-refractivity contribution is 6.33. The molecular weight excluding hydrogens is 397 g/mol. The van der Waals surface area contributed by atoms with Crippen LogP contribution < -0.4 is 4.90 Å². The number of rotatable bonds is 5. The molecule has 0 saturated carbocycles. The van der Waals surface area contributed by atoms with Gasteiger partial charge in [0.15, 0.2) is 6.10 Å². The number of carbonyl (C=O) groups excluding carboxylic acids is 2. The predicted octanol–water partition coefficient (Wildman–Crippen LogP) is 4.18. The topological polar surface area (TPSA) is 64.4 Å². The fraction of sp³-hybridized carbons (Fsp3) is 0.190. The quantitative estimate of drug-likeness (QED) is 0.586. The molecule has 29 heavy (non-hydrogen) atoms. The van der Waals surface area contributed by atoms with Gasteiger partial charge in [0, 0.05) is 12.7 Å². The van der Waals surface area contributed by atoms with Gasteiger partial charge in [0.1, 0.15) is 16.5 Å². The number of halogens is 2. The summed E-state index contributed by atoms with van der Waals surface area (Å²) in [4.78, 5) is 26.7. The van der Waals surface area contributed by atoms with Gasteiger partial charge >= 0.3 is 5.97 Å². The highest BCUT2D eigenvalue weighted by Gasteiger charge is 2.28. The minimum absolute atomic E-state index is 0.0233. The van der Waals surface area contributed by atoms with E-state index in [1.165, 1.54) is 40.8 Å². The zero-order valence-corrected chi connectivity index (χ0v) is 16.9. The van der Waals surface area contributed by atoms with Crippen molar-refractivity contribution in [1.82, 2.24) is 9.78 Å². The van der Waals surface area contributed by atoms with Gasteiger partial charge < -0.3 is 9.64 Å². The summed E-state index contributed by atoms with van der Waals surface area (Å²) in [5, 5.41) is 4.26. The summed E-state index contributed by atoms with van der Waals surface area (Å²) < 4.78 is 19.8. The zero-order chi connectivity index (χ0) is 21.1. The van der Waals surface area contributed by atoms with E-state index < -0.39 is 17.9 Å². The fourth-order valence-electron chi connectivity index (χ4n) is 2.81. The third-order valence-electron chi connectivity index (χ3n) is 4.39. The molecule has 0 unspecified atom stereocenters. The number of hydrogen-bond acceptors (Lipinski definition) is 4. The number of benzene rings is 2. The van der Waals surface area contributed by atoms with Crippen LogP contribution >= 0.6 is 11.6 Å². The predicted molar refractivity (Wildman–Crippen MR) is 108 cm³/mol. The van der Waals surface area contributed by atoms with Gasteiger partial charge in [-0.25, -0.2) is 13.9 Å². The Morgan fingerprint density at radius 2 is 1.76 bits per heavy atom. The third kappa shape index (κ3) is 4.30.